The zero-order chi connectivity index (χ0) is 9.68. The molecule has 1 aromatic rings. The Hall–Kier alpha value is -1.00. The van der Waals surface area contributed by atoms with Gasteiger partial charge in [0.25, 0.3) is 0 Å². The molecular formula is C9H14N2O2. The van der Waals surface area contributed by atoms with Crippen LogP contribution in [0.1, 0.15) is 25.0 Å². The zero-order valence-corrected chi connectivity index (χ0v) is 7.84. The molecule has 1 rings (SSSR count). The van der Waals surface area contributed by atoms with Gasteiger partial charge in [0.1, 0.15) is 6.33 Å². The molecule has 2 atom stereocenters. The predicted octanol–water partition coefficient (Wildman–Crippen LogP) is 0.935. The summed E-state index contributed by atoms with van der Waals surface area (Å²) in [5, 5.41) is 9.66. The standard InChI is InChI=1S/C9H14N2O2/c1-7(13-2)3-9(12)8-4-10-6-11-5-8/h4-7,9,12H,3H2,1-2H3. The lowest BCUT2D eigenvalue weighted by atomic mass is 10.1. The first-order valence-electron chi connectivity index (χ1n) is 4.19. The molecule has 4 nitrogen and oxygen atoms in total. The van der Waals surface area contributed by atoms with E-state index in [2.05, 4.69) is 9.97 Å². The highest BCUT2D eigenvalue weighted by Crippen LogP contribution is 2.16. The van der Waals surface area contributed by atoms with Crippen LogP contribution < -0.4 is 0 Å². The van der Waals surface area contributed by atoms with Gasteiger partial charge < -0.3 is 9.84 Å². The van der Waals surface area contributed by atoms with Crippen molar-refractivity contribution in [2.24, 2.45) is 0 Å². The van der Waals surface area contributed by atoms with Gasteiger partial charge in [-0.25, -0.2) is 9.97 Å². The molecule has 0 aliphatic carbocycles. The molecule has 0 spiro atoms. The largest absolute Gasteiger partial charge is 0.388 e. The molecule has 0 saturated heterocycles. The minimum Gasteiger partial charge on any atom is -0.388 e. The molecular weight excluding hydrogens is 168 g/mol. The van der Waals surface area contributed by atoms with Crippen LogP contribution in [0.5, 0.6) is 0 Å². The summed E-state index contributed by atoms with van der Waals surface area (Å²) in [4.78, 5) is 7.65. The topological polar surface area (TPSA) is 55.2 Å². The third-order valence-electron chi connectivity index (χ3n) is 1.92. The highest BCUT2D eigenvalue weighted by Gasteiger charge is 2.11. The van der Waals surface area contributed by atoms with Crippen LogP contribution in [-0.2, 0) is 4.74 Å². The molecule has 1 aromatic heterocycles. The molecule has 2 unspecified atom stereocenters. The van der Waals surface area contributed by atoms with Crippen LogP contribution in [0.2, 0.25) is 0 Å². The van der Waals surface area contributed by atoms with E-state index in [1.54, 1.807) is 19.5 Å². The van der Waals surface area contributed by atoms with E-state index >= 15 is 0 Å². The molecule has 0 aromatic carbocycles. The minimum absolute atomic E-state index is 0.0372. The van der Waals surface area contributed by atoms with Gasteiger partial charge in [-0.05, 0) is 6.92 Å². The summed E-state index contributed by atoms with van der Waals surface area (Å²) in [5.74, 6) is 0. The summed E-state index contributed by atoms with van der Waals surface area (Å²) in [6.45, 7) is 1.91. The molecule has 1 N–H and O–H groups in total. The molecule has 72 valence electrons. The Balaban J connectivity index is 2.53. The molecule has 0 saturated carbocycles. The number of nitrogens with zero attached hydrogens (tertiary/aromatic N) is 2. The van der Waals surface area contributed by atoms with Crippen molar-refractivity contribution in [1.82, 2.24) is 9.97 Å². The lowest BCUT2D eigenvalue weighted by Crippen LogP contribution is -2.11. The van der Waals surface area contributed by atoms with Crippen molar-refractivity contribution in [3.63, 3.8) is 0 Å². The van der Waals surface area contributed by atoms with Crippen molar-refractivity contribution in [3.8, 4) is 0 Å². The van der Waals surface area contributed by atoms with E-state index in [4.69, 9.17) is 4.74 Å². The van der Waals surface area contributed by atoms with E-state index in [1.807, 2.05) is 6.92 Å². The molecule has 4 heteroatoms. The molecule has 0 radical (unpaired) electrons. The van der Waals surface area contributed by atoms with Crippen LogP contribution in [0.4, 0.5) is 0 Å². The fraction of sp³-hybridized carbons (Fsp3) is 0.556. The number of hydrogen-bond donors (Lipinski definition) is 1. The maximum absolute atomic E-state index is 9.66. The van der Waals surface area contributed by atoms with Crippen molar-refractivity contribution < 1.29 is 9.84 Å². The van der Waals surface area contributed by atoms with Crippen molar-refractivity contribution in [1.29, 1.82) is 0 Å². The molecule has 1 heterocycles. The highest BCUT2D eigenvalue weighted by atomic mass is 16.5. The normalized spacial score (nSPS) is 15.3. The second-order valence-corrected chi connectivity index (χ2v) is 2.97. The Labute approximate surface area is 77.6 Å². The molecule has 0 bridgehead atoms. The van der Waals surface area contributed by atoms with Crippen LogP contribution >= 0.6 is 0 Å². The maximum Gasteiger partial charge on any atom is 0.115 e. The number of aliphatic hydroxyl groups is 1. The van der Waals surface area contributed by atoms with Crippen molar-refractivity contribution in [3.05, 3.63) is 24.3 Å². The monoisotopic (exact) mass is 182 g/mol. The van der Waals surface area contributed by atoms with Crippen molar-refractivity contribution in [2.75, 3.05) is 7.11 Å². The molecule has 0 amide bonds. The summed E-state index contributed by atoms with van der Waals surface area (Å²) in [5.41, 5.74) is 0.728. The molecule has 0 aliphatic rings. The van der Waals surface area contributed by atoms with Gasteiger partial charge >= 0.3 is 0 Å². The van der Waals surface area contributed by atoms with E-state index < -0.39 is 6.10 Å². The van der Waals surface area contributed by atoms with Gasteiger partial charge in [-0.3, -0.25) is 0 Å². The lowest BCUT2D eigenvalue weighted by Gasteiger charge is -2.14. The summed E-state index contributed by atoms with van der Waals surface area (Å²) >= 11 is 0. The van der Waals surface area contributed by atoms with Crippen LogP contribution in [0, 0.1) is 0 Å². The van der Waals surface area contributed by atoms with Crippen LogP contribution in [-0.4, -0.2) is 28.3 Å². The number of aliphatic hydroxyl groups excluding tert-OH is 1. The average molecular weight is 182 g/mol. The Bertz CT molecular complexity index is 241. The second-order valence-electron chi connectivity index (χ2n) is 2.97. The third-order valence-corrected chi connectivity index (χ3v) is 1.92. The van der Waals surface area contributed by atoms with Gasteiger partial charge in [-0.1, -0.05) is 0 Å². The molecule has 0 fully saturated rings. The van der Waals surface area contributed by atoms with Crippen molar-refractivity contribution >= 4 is 0 Å². The smallest absolute Gasteiger partial charge is 0.115 e. The number of rotatable bonds is 4. The van der Waals surface area contributed by atoms with E-state index in [0.29, 0.717) is 6.42 Å². The summed E-state index contributed by atoms with van der Waals surface area (Å²) in [7, 11) is 1.62. The van der Waals surface area contributed by atoms with Gasteiger partial charge in [0.15, 0.2) is 0 Å². The Morgan fingerprint density at radius 1 is 1.46 bits per heavy atom. The zero-order valence-electron chi connectivity index (χ0n) is 7.84. The first kappa shape index (κ1) is 10.1. The second kappa shape index (κ2) is 4.89. The average Bonchev–Trinajstić information content (AvgIpc) is 2.19. The van der Waals surface area contributed by atoms with Gasteiger partial charge in [0.2, 0.25) is 0 Å². The maximum atomic E-state index is 9.66. The van der Waals surface area contributed by atoms with E-state index in [0.717, 1.165) is 5.56 Å². The first-order valence-corrected chi connectivity index (χ1v) is 4.19. The van der Waals surface area contributed by atoms with Crippen LogP contribution in [0.15, 0.2) is 18.7 Å². The van der Waals surface area contributed by atoms with Gasteiger partial charge in [0.05, 0.1) is 12.2 Å². The van der Waals surface area contributed by atoms with Gasteiger partial charge in [-0.15, -0.1) is 0 Å². The van der Waals surface area contributed by atoms with Crippen molar-refractivity contribution in [2.45, 2.75) is 25.6 Å². The SMILES string of the molecule is COC(C)CC(O)c1cncnc1. The number of aromatic nitrogens is 2. The van der Waals surface area contributed by atoms with Crippen LogP contribution in [0.25, 0.3) is 0 Å². The van der Waals surface area contributed by atoms with E-state index in [9.17, 15) is 5.11 Å². The Morgan fingerprint density at radius 2 is 2.08 bits per heavy atom. The fourth-order valence-electron chi connectivity index (χ4n) is 1.03. The quantitative estimate of drug-likeness (QED) is 0.752. The Morgan fingerprint density at radius 3 is 2.62 bits per heavy atom. The first-order chi connectivity index (χ1) is 6.24. The van der Waals surface area contributed by atoms with Crippen LogP contribution in [0.3, 0.4) is 0 Å². The number of hydrogen-bond acceptors (Lipinski definition) is 4. The van der Waals surface area contributed by atoms with Gasteiger partial charge in [-0.2, -0.15) is 0 Å². The minimum atomic E-state index is -0.545. The molecule has 13 heavy (non-hydrogen) atoms. The third kappa shape index (κ3) is 3.08. The summed E-state index contributed by atoms with van der Waals surface area (Å²) in [6.07, 6.45) is 4.71. The van der Waals surface area contributed by atoms with E-state index in [-0.39, 0.29) is 6.10 Å². The number of ether oxygens (including phenoxy) is 1. The number of methoxy groups -OCH3 is 1. The fourth-order valence-corrected chi connectivity index (χ4v) is 1.03. The molecule has 0 aliphatic heterocycles. The van der Waals surface area contributed by atoms with Gasteiger partial charge in [0, 0.05) is 31.5 Å². The predicted molar refractivity (Wildman–Crippen MR) is 48.1 cm³/mol. The summed E-state index contributed by atoms with van der Waals surface area (Å²) in [6, 6.07) is 0. The highest BCUT2D eigenvalue weighted by molar-refractivity contribution is 5.06. The van der Waals surface area contributed by atoms with E-state index in [1.165, 1.54) is 6.33 Å². The summed E-state index contributed by atoms with van der Waals surface area (Å²) < 4.78 is 5.04. The Kier molecular flexibility index (Phi) is 3.79. The lowest BCUT2D eigenvalue weighted by molar-refractivity contribution is 0.0557.